The zero-order valence-electron chi connectivity index (χ0n) is 21.6. The highest BCUT2D eigenvalue weighted by Crippen LogP contribution is 2.37. The molecule has 0 spiro atoms. The van der Waals surface area contributed by atoms with Gasteiger partial charge in [-0.05, 0) is 35.4 Å². The van der Waals surface area contributed by atoms with Crippen molar-refractivity contribution in [3.63, 3.8) is 0 Å². The summed E-state index contributed by atoms with van der Waals surface area (Å²) in [7, 11) is -3.77. The fourth-order valence-electron chi connectivity index (χ4n) is 4.60. The van der Waals surface area contributed by atoms with E-state index in [9.17, 15) is 22.8 Å². The van der Waals surface area contributed by atoms with Crippen LogP contribution in [0.4, 0.5) is 4.79 Å². The van der Waals surface area contributed by atoms with Crippen LogP contribution in [0.15, 0.2) is 46.9 Å². The number of amides is 3. The number of hydrogen-bond donors (Lipinski definition) is 1. The first-order valence-electron chi connectivity index (χ1n) is 12.6. The van der Waals surface area contributed by atoms with Crippen LogP contribution in [0.25, 0.3) is 21.3 Å². The van der Waals surface area contributed by atoms with Crippen LogP contribution in [0.3, 0.4) is 0 Å². The predicted octanol–water partition coefficient (Wildman–Crippen LogP) is 2.85. The van der Waals surface area contributed by atoms with Gasteiger partial charge < -0.3 is 14.1 Å². The number of aromatic nitrogens is 3. The average molecular weight is 614 g/mol. The maximum atomic E-state index is 12.8. The summed E-state index contributed by atoms with van der Waals surface area (Å²) in [6.45, 7) is 2.22. The molecule has 2 atom stereocenters. The molecule has 2 aromatic carbocycles. The summed E-state index contributed by atoms with van der Waals surface area (Å²) in [5.41, 5.74) is 2.99. The van der Waals surface area contributed by atoms with E-state index in [-0.39, 0.29) is 29.1 Å². The number of nitrogens with zero attached hydrogens (tertiary/aromatic N) is 4. The maximum Gasteiger partial charge on any atom is 0.286 e. The van der Waals surface area contributed by atoms with Gasteiger partial charge in [-0.1, -0.05) is 30.0 Å². The van der Waals surface area contributed by atoms with Crippen molar-refractivity contribution in [3.8, 4) is 11.1 Å². The van der Waals surface area contributed by atoms with Gasteiger partial charge in [-0.25, -0.2) is 13.4 Å². The minimum Gasteiger partial charge on any atom is -0.423 e. The van der Waals surface area contributed by atoms with Gasteiger partial charge in [0.25, 0.3) is 11.1 Å². The number of carbonyl (C=O) groups excluding carboxylic acids is 3. The Morgan fingerprint density at radius 3 is 2.51 bits per heavy atom. The van der Waals surface area contributed by atoms with Crippen molar-refractivity contribution in [2.24, 2.45) is 0 Å². The number of ether oxygens (including phenoxy) is 1. The number of fused-ring (bicyclic) bond motifs is 1. The number of carbonyl (C=O) groups is 3. The van der Waals surface area contributed by atoms with Gasteiger partial charge in [-0.15, -0.1) is 21.5 Å². The molecule has 0 bridgehead atoms. The Balaban J connectivity index is 1.24. The van der Waals surface area contributed by atoms with Gasteiger partial charge in [-0.2, -0.15) is 0 Å². The van der Waals surface area contributed by atoms with Crippen molar-refractivity contribution >= 4 is 60.2 Å². The first-order chi connectivity index (χ1) is 19.7. The minimum atomic E-state index is -3.77. The molecule has 4 heterocycles. The van der Waals surface area contributed by atoms with Gasteiger partial charge in [0, 0.05) is 31.3 Å². The van der Waals surface area contributed by atoms with Crippen LogP contribution >= 0.6 is 23.1 Å². The second kappa shape index (κ2) is 11.0. The van der Waals surface area contributed by atoms with Gasteiger partial charge >= 0.3 is 0 Å². The van der Waals surface area contributed by atoms with Gasteiger partial charge in [0.05, 0.1) is 23.4 Å². The lowest BCUT2D eigenvalue weighted by Crippen LogP contribution is -2.40. The fraction of sp³-hybridized carbons (Fsp3) is 0.308. The summed E-state index contributed by atoms with van der Waals surface area (Å²) < 4.78 is 37.4. The Hall–Kier alpha value is -3.66. The molecule has 3 amide bonds. The third-order valence-electron chi connectivity index (χ3n) is 6.65. The molecule has 15 heteroatoms. The highest BCUT2D eigenvalue weighted by atomic mass is 32.2. The molecule has 2 aliphatic heterocycles. The lowest BCUT2D eigenvalue weighted by Gasteiger charge is -2.26. The number of nitrogens with one attached hydrogen (secondary N) is 1. The molecule has 1 N–H and O–H groups in total. The molecule has 212 valence electrons. The molecule has 2 saturated heterocycles. The Morgan fingerprint density at radius 2 is 1.83 bits per heavy atom. The molecule has 12 nitrogen and oxygen atoms in total. The number of hydrogen-bond acceptors (Lipinski definition) is 12. The van der Waals surface area contributed by atoms with E-state index in [1.807, 2.05) is 30.3 Å². The summed E-state index contributed by atoms with van der Waals surface area (Å²) in [5, 5.41) is 7.84. The lowest BCUT2D eigenvalue weighted by molar-refractivity contribution is -0.119. The summed E-state index contributed by atoms with van der Waals surface area (Å²) in [5.74, 6) is -0.594. The number of sulfone groups is 1. The van der Waals surface area contributed by atoms with Crippen LogP contribution < -0.4 is 5.32 Å². The van der Waals surface area contributed by atoms with Crippen molar-refractivity contribution in [1.29, 1.82) is 0 Å². The second-order valence-electron chi connectivity index (χ2n) is 9.55. The van der Waals surface area contributed by atoms with Crippen molar-refractivity contribution < 1.29 is 32.0 Å². The Morgan fingerprint density at radius 1 is 1.10 bits per heavy atom. The smallest absolute Gasteiger partial charge is 0.286 e. The van der Waals surface area contributed by atoms with Gasteiger partial charge in [-0.3, -0.25) is 19.7 Å². The maximum absolute atomic E-state index is 12.8. The zero-order chi connectivity index (χ0) is 28.7. The van der Waals surface area contributed by atoms with Crippen molar-refractivity contribution in [1.82, 2.24) is 25.4 Å². The molecule has 2 fully saturated rings. The molecule has 2 aliphatic rings. The first kappa shape index (κ1) is 27.5. The van der Waals surface area contributed by atoms with Crippen molar-refractivity contribution in [2.45, 2.75) is 16.9 Å². The zero-order valence-corrected chi connectivity index (χ0v) is 24.1. The van der Waals surface area contributed by atoms with E-state index < -0.39 is 31.5 Å². The minimum absolute atomic E-state index is 0.00817. The number of morpholine rings is 1. The second-order valence-corrected chi connectivity index (χ2v) is 13.9. The molecule has 2 unspecified atom stereocenters. The molecule has 41 heavy (non-hydrogen) atoms. The van der Waals surface area contributed by atoms with Crippen molar-refractivity contribution in [3.05, 3.63) is 64.8 Å². The highest BCUT2D eigenvalue weighted by molar-refractivity contribution is 8.15. The lowest BCUT2D eigenvalue weighted by atomic mass is 10.0. The molecule has 4 aromatic rings. The number of thioether (sulfide) groups is 1. The highest BCUT2D eigenvalue weighted by Gasteiger charge is 2.36. The molecule has 0 aliphatic carbocycles. The van der Waals surface area contributed by atoms with E-state index >= 15 is 0 Å². The third kappa shape index (κ3) is 5.75. The standard InChI is InChI=1S/C26H23N5O7S3/c1-41(35,36)21(23-30-29-20(38-23)13-19-22(32)28-26(34)40-19)24-27-17-7-6-16(12-18(17)39-24)14-2-4-15(5-3-14)25(33)31-8-10-37-11-9-31/h2-7,12,19,21H,8-11,13H2,1H3,(H,28,32,34). The van der Waals surface area contributed by atoms with Crippen LogP contribution in [-0.4, -0.2) is 83.4 Å². The Labute approximate surface area is 242 Å². The molecule has 0 saturated carbocycles. The number of imide groups is 1. The summed E-state index contributed by atoms with van der Waals surface area (Å²) in [6.07, 6.45) is 1.06. The van der Waals surface area contributed by atoms with E-state index in [1.54, 1.807) is 17.0 Å². The molecular formula is C26H23N5O7S3. The van der Waals surface area contributed by atoms with E-state index in [0.717, 1.165) is 33.8 Å². The van der Waals surface area contributed by atoms with E-state index in [0.29, 0.717) is 37.4 Å². The van der Waals surface area contributed by atoms with E-state index in [1.165, 1.54) is 11.3 Å². The largest absolute Gasteiger partial charge is 0.423 e. The normalized spacial score (nSPS) is 18.6. The SMILES string of the molecule is CS(=O)(=O)C(c1nnc(CC2SC(=O)NC2=O)o1)c1nc2ccc(-c3ccc(C(=O)N4CCOCC4)cc3)cc2s1. The summed E-state index contributed by atoms with van der Waals surface area (Å²) >= 11 is 2.02. The molecular weight excluding hydrogens is 591 g/mol. The van der Waals surface area contributed by atoms with E-state index in [4.69, 9.17) is 9.15 Å². The first-order valence-corrected chi connectivity index (χ1v) is 16.2. The monoisotopic (exact) mass is 613 g/mol. The molecule has 6 rings (SSSR count). The topological polar surface area (TPSA) is 162 Å². The van der Waals surface area contributed by atoms with Gasteiger partial charge in [0.2, 0.25) is 17.7 Å². The van der Waals surface area contributed by atoms with Gasteiger partial charge in [0.15, 0.2) is 15.1 Å². The Kier molecular flexibility index (Phi) is 7.36. The fourth-order valence-corrected chi connectivity index (χ4v) is 7.94. The van der Waals surface area contributed by atoms with E-state index in [2.05, 4.69) is 20.5 Å². The average Bonchev–Trinajstić information content (AvgIpc) is 3.66. The van der Waals surface area contributed by atoms with Crippen LogP contribution in [0.5, 0.6) is 0 Å². The summed E-state index contributed by atoms with van der Waals surface area (Å²) in [4.78, 5) is 42.4. The Bertz CT molecular complexity index is 1760. The third-order valence-corrected chi connectivity index (χ3v) is 10.1. The number of rotatable bonds is 7. The summed E-state index contributed by atoms with van der Waals surface area (Å²) in [6, 6.07) is 13.0. The van der Waals surface area contributed by atoms with Crippen LogP contribution in [0.2, 0.25) is 0 Å². The number of thiazole rings is 1. The van der Waals surface area contributed by atoms with Crippen molar-refractivity contribution in [2.75, 3.05) is 32.6 Å². The molecule has 2 aromatic heterocycles. The quantitative estimate of drug-likeness (QED) is 0.326. The number of benzene rings is 2. The molecule has 0 radical (unpaired) electrons. The van der Waals surface area contributed by atoms with Crippen LogP contribution in [-0.2, 0) is 25.8 Å². The van der Waals surface area contributed by atoms with Crippen LogP contribution in [0.1, 0.15) is 32.4 Å². The predicted molar refractivity (Wildman–Crippen MR) is 151 cm³/mol. The van der Waals surface area contributed by atoms with Crippen LogP contribution in [0, 0.1) is 0 Å². The van der Waals surface area contributed by atoms with Gasteiger partial charge in [0.1, 0.15) is 10.3 Å².